The minimum Gasteiger partial charge on any atom is -0.503 e. The van der Waals surface area contributed by atoms with Crippen molar-refractivity contribution >= 4 is 28.1 Å². The van der Waals surface area contributed by atoms with E-state index in [9.17, 15) is 9.90 Å². The van der Waals surface area contributed by atoms with Crippen molar-refractivity contribution in [2.75, 3.05) is 13.2 Å². The molecule has 0 aliphatic carbocycles. The number of aromatic hydroxyl groups is 1. The molecule has 0 fully saturated rings. The summed E-state index contributed by atoms with van der Waals surface area (Å²) in [6.45, 7) is 6.34. The summed E-state index contributed by atoms with van der Waals surface area (Å²) in [5.41, 5.74) is 4.28. The van der Waals surface area contributed by atoms with Gasteiger partial charge >= 0.3 is 0 Å². The van der Waals surface area contributed by atoms with Crippen molar-refractivity contribution in [1.82, 2.24) is 5.43 Å². The second-order valence-corrected chi connectivity index (χ2v) is 6.94. The predicted octanol–water partition coefficient (Wildman–Crippen LogP) is 4.21. The number of nitrogens with zero attached hydrogens (tertiary/aromatic N) is 1. The van der Waals surface area contributed by atoms with Gasteiger partial charge in [0.2, 0.25) is 0 Å². The average molecular weight is 435 g/mol. The van der Waals surface area contributed by atoms with E-state index in [0.717, 1.165) is 0 Å². The van der Waals surface area contributed by atoms with Gasteiger partial charge < -0.3 is 14.6 Å². The standard InChI is InChI=1S/C20H23BrN2O4/c1-4-26-18-10-14(9-17(21)20(18)25)11-22-23-19(24)12-27-16-7-5-15(6-8-16)13(2)3/h5-11,13,25H,4,12H2,1-3H3,(H,23,24). The van der Waals surface area contributed by atoms with Crippen LogP contribution in [0.2, 0.25) is 0 Å². The van der Waals surface area contributed by atoms with E-state index in [0.29, 0.717) is 34.1 Å². The minimum atomic E-state index is -0.373. The summed E-state index contributed by atoms with van der Waals surface area (Å²) in [6, 6.07) is 10.9. The Kier molecular flexibility index (Phi) is 7.67. The van der Waals surface area contributed by atoms with E-state index in [1.165, 1.54) is 11.8 Å². The summed E-state index contributed by atoms with van der Waals surface area (Å²) in [5.74, 6) is 1.06. The Morgan fingerprint density at radius 3 is 2.59 bits per heavy atom. The highest BCUT2D eigenvalue weighted by Crippen LogP contribution is 2.35. The third-order valence-corrected chi connectivity index (χ3v) is 4.27. The molecule has 0 aliphatic rings. The van der Waals surface area contributed by atoms with Gasteiger partial charge in [-0.15, -0.1) is 0 Å². The Balaban J connectivity index is 1.88. The molecule has 1 amide bonds. The molecule has 0 aromatic heterocycles. The lowest BCUT2D eigenvalue weighted by molar-refractivity contribution is -0.123. The van der Waals surface area contributed by atoms with Crippen molar-refractivity contribution in [1.29, 1.82) is 0 Å². The topological polar surface area (TPSA) is 80.2 Å². The monoisotopic (exact) mass is 434 g/mol. The molecule has 27 heavy (non-hydrogen) atoms. The summed E-state index contributed by atoms with van der Waals surface area (Å²) in [6.07, 6.45) is 1.46. The predicted molar refractivity (Wildman–Crippen MR) is 109 cm³/mol. The number of ether oxygens (including phenoxy) is 2. The molecule has 2 aromatic rings. The van der Waals surface area contributed by atoms with Crippen LogP contribution in [0.15, 0.2) is 46.0 Å². The van der Waals surface area contributed by atoms with E-state index in [-0.39, 0.29) is 18.3 Å². The molecule has 0 bridgehead atoms. The molecule has 0 spiro atoms. The molecule has 0 aliphatic heterocycles. The summed E-state index contributed by atoms with van der Waals surface area (Å²) >= 11 is 3.25. The first-order valence-electron chi connectivity index (χ1n) is 8.60. The van der Waals surface area contributed by atoms with Crippen molar-refractivity contribution in [3.05, 3.63) is 52.0 Å². The number of nitrogens with one attached hydrogen (secondary N) is 1. The lowest BCUT2D eigenvalue weighted by Gasteiger charge is -2.09. The highest BCUT2D eigenvalue weighted by Gasteiger charge is 2.08. The molecule has 2 rings (SSSR count). The van der Waals surface area contributed by atoms with Crippen molar-refractivity contribution in [3.8, 4) is 17.2 Å². The molecule has 0 atom stereocenters. The van der Waals surface area contributed by atoms with Crippen LogP contribution in [-0.2, 0) is 4.79 Å². The first-order chi connectivity index (χ1) is 12.9. The van der Waals surface area contributed by atoms with Crippen LogP contribution in [-0.4, -0.2) is 30.4 Å². The summed E-state index contributed by atoms with van der Waals surface area (Å²) in [5, 5.41) is 13.8. The van der Waals surface area contributed by atoms with Gasteiger partial charge in [0, 0.05) is 0 Å². The summed E-state index contributed by atoms with van der Waals surface area (Å²) in [7, 11) is 0. The van der Waals surface area contributed by atoms with Crippen molar-refractivity contribution < 1.29 is 19.4 Å². The normalized spacial score (nSPS) is 11.0. The molecular weight excluding hydrogens is 412 g/mol. The first-order valence-corrected chi connectivity index (χ1v) is 9.40. The Labute approximate surface area is 167 Å². The number of phenolic OH excluding ortho intramolecular Hbond substituents is 1. The van der Waals surface area contributed by atoms with Gasteiger partial charge in [-0.2, -0.15) is 5.10 Å². The zero-order valence-electron chi connectivity index (χ0n) is 15.5. The Hall–Kier alpha value is -2.54. The van der Waals surface area contributed by atoms with Gasteiger partial charge in [-0.3, -0.25) is 4.79 Å². The van der Waals surface area contributed by atoms with Crippen LogP contribution in [0.4, 0.5) is 0 Å². The molecule has 7 heteroatoms. The van der Waals surface area contributed by atoms with Gasteiger partial charge in [0.1, 0.15) is 5.75 Å². The second kappa shape index (κ2) is 9.97. The maximum absolute atomic E-state index is 11.8. The van der Waals surface area contributed by atoms with E-state index in [1.807, 2.05) is 31.2 Å². The number of halogens is 1. The van der Waals surface area contributed by atoms with Crippen LogP contribution in [0.25, 0.3) is 0 Å². The summed E-state index contributed by atoms with van der Waals surface area (Å²) in [4.78, 5) is 11.8. The molecule has 0 radical (unpaired) electrons. The molecule has 2 N–H and O–H groups in total. The van der Waals surface area contributed by atoms with Crippen LogP contribution in [0.3, 0.4) is 0 Å². The van der Waals surface area contributed by atoms with E-state index in [4.69, 9.17) is 9.47 Å². The largest absolute Gasteiger partial charge is 0.503 e. The average Bonchev–Trinajstić information content (AvgIpc) is 2.64. The quantitative estimate of drug-likeness (QED) is 0.481. The Bertz CT molecular complexity index is 804. The molecule has 2 aromatic carbocycles. The van der Waals surface area contributed by atoms with E-state index >= 15 is 0 Å². The van der Waals surface area contributed by atoms with Crippen LogP contribution in [0.1, 0.15) is 37.8 Å². The number of carbonyl (C=O) groups excluding carboxylic acids is 1. The molecule has 0 heterocycles. The van der Waals surface area contributed by atoms with E-state index in [1.54, 1.807) is 12.1 Å². The second-order valence-electron chi connectivity index (χ2n) is 6.09. The third-order valence-electron chi connectivity index (χ3n) is 3.67. The lowest BCUT2D eigenvalue weighted by Crippen LogP contribution is -2.24. The number of hydrogen-bond acceptors (Lipinski definition) is 5. The zero-order chi connectivity index (χ0) is 19.8. The van der Waals surface area contributed by atoms with Gasteiger partial charge in [0.05, 0.1) is 17.3 Å². The van der Waals surface area contributed by atoms with Gasteiger partial charge in [0.25, 0.3) is 5.91 Å². The van der Waals surface area contributed by atoms with Crippen molar-refractivity contribution in [3.63, 3.8) is 0 Å². The fourth-order valence-electron chi connectivity index (χ4n) is 2.24. The zero-order valence-corrected chi connectivity index (χ0v) is 17.1. The first kappa shape index (κ1) is 20.8. The lowest BCUT2D eigenvalue weighted by atomic mass is 10.0. The number of rotatable bonds is 8. The highest BCUT2D eigenvalue weighted by atomic mass is 79.9. The van der Waals surface area contributed by atoms with E-state index < -0.39 is 0 Å². The SMILES string of the molecule is CCOc1cc(C=NNC(=O)COc2ccc(C(C)C)cc2)cc(Br)c1O. The molecule has 6 nitrogen and oxygen atoms in total. The van der Waals surface area contributed by atoms with Gasteiger partial charge in [-0.1, -0.05) is 26.0 Å². The maximum Gasteiger partial charge on any atom is 0.277 e. The fraction of sp³-hybridized carbons (Fsp3) is 0.300. The molecule has 0 saturated heterocycles. The van der Waals surface area contributed by atoms with E-state index in [2.05, 4.69) is 40.3 Å². The minimum absolute atomic E-state index is 0.0231. The molecule has 144 valence electrons. The number of benzene rings is 2. The van der Waals surface area contributed by atoms with Crippen LogP contribution in [0, 0.1) is 0 Å². The number of phenols is 1. The van der Waals surface area contributed by atoms with Crippen LogP contribution >= 0.6 is 15.9 Å². The summed E-state index contributed by atoms with van der Waals surface area (Å²) < 4.78 is 11.3. The molecule has 0 saturated carbocycles. The van der Waals surface area contributed by atoms with Gasteiger partial charge in [0.15, 0.2) is 18.1 Å². The van der Waals surface area contributed by atoms with Gasteiger partial charge in [-0.05, 0) is 64.2 Å². The smallest absolute Gasteiger partial charge is 0.277 e. The van der Waals surface area contributed by atoms with Crippen molar-refractivity contribution in [2.24, 2.45) is 5.10 Å². The third kappa shape index (κ3) is 6.29. The fourth-order valence-corrected chi connectivity index (χ4v) is 2.70. The molecule has 0 unspecified atom stereocenters. The molecular formula is C20H23BrN2O4. The number of carbonyl (C=O) groups is 1. The van der Waals surface area contributed by atoms with Crippen LogP contribution in [0.5, 0.6) is 17.2 Å². The number of hydrogen-bond donors (Lipinski definition) is 2. The number of hydrazone groups is 1. The Morgan fingerprint density at radius 2 is 1.96 bits per heavy atom. The maximum atomic E-state index is 11.8. The Morgan fingerprint density at radius 1 is 1.26 bits per heavy atom. The van der Waals surface area contributed by atoms with Gasteiger partial charge in [-0.25, -0.2) is 5.43 Å². The van der Waals surface area contributed by atoms with Crippen LogP contribution < -0.4 is 14.9 Å². The highest BCUT2D eigenvalue weighted by molar-refractivity contribution is 9.10. The van der Waals surface area contributed by atoms with Crippen molar-refractivity contribution in [2.45, 2.75) is 26.7 Å². The number of amides is 1.